The van der Waals surface area contributed by atoms with Crippen molar-refractivity contribution in [2.24, 2.45) is 0 Å². The first kappa shape index (κ1) is 22.9. The number of piperidine rings is 1. The van der Waals surface area contributed by atoms with Gasteiger partial charge in [-0.05, 0) is 61.2 Å². The fourth-order valence-electron chi connectivity index (χ4n) is 4.46. The fraction of sp³-hybridized carbons (Fsp3) is 0.385. The van der Waals surface area contributed by atoms with Crippen LogP contribution in [-0.2, 0) is 11.3 Å². The molecular weight excluding hydrogens is 412 g/mol. The van der Waals surface area contributed by atoms with Crippen LogP contribution in [0.2, 0.25) is 0 Å². The van der Waals surface area contributed by atoms with E-state index in [4.69, 9.17) is 4.98 Å². The smallest absolute Gasteiger partial charge is 0.225 e. The Morgan fingerprint density at radius 2 is 1.91 bits per heavy atom. The first-order valence-corrected chi connectivity index (χ1v) is 11.5. The molecular formula is C26H32N6O. The molecule has 4 rings (SSSR count). The summed E-state index contributed by atoms with van der Waals surface area (Å²) in [4.78, 5) is 29.8. The molecule has 1 unspecified atom stereocenters. The van der Waals surface area contributed by atoms with Crippen LogP contribution in [0.4, 0.5) is 11.6 Å². The Bertz CT molecular complexity index is 1110. The summed E-state index contributed by atoms with van der Waals surface area (Å²) < 4.78 is 0. The van der Waals surface area contributed by atoms with Crippen LogP contribution in [0.1, 0.15) is 49.0 Å². The molecule has 7 heteroatoms. The van der Waals surface area contributed by atoms with Crippen molar-refractivity contribution in [3.8, 4) is 11.1 Å². The number of hydrogen-bond donors (Lipinski definition) is 1. The highest BCUT2D eigenvalue weighted by atomic mass is 16.1. The lowest BCUT2D eigenvalue weighted by Crippen LogP contribution is -2.34. The van der Waals surface area contributed by atoms with Gasteiger partial charge in [-0.25, -0.2) is 9.97 Å². The lowest BCUT2D eigenvalue weighted by Gasteiger charge is -2.36. The van der Waals surface area contributed by atoms with Gasteiger partial charge in [0.1, 0.15) is 0 Å². The summed E-state index contributed by atoms with van der Waals surface area (Å²) in [5, 5.41) is 2.84. The Labute approximate surface area is 195 Å². The van der Waals surface area contributed by atoms with E-state index < -0.39 is 0 Å². The Balaban J connectivity index is 1.68. The molecule has 3 aromatic rings. The molecule has 1 N–H and O–H groups in total. The van der Waals surface area contributed by atoms with Crippen molar-refractivity contribution < 1.29 is 4.79 Å². The first-order valence-electron chi connectivity index (χ1n) is 11.5. The summed E-state index contributed by atoms with van der Waals surface area (Å²) in [6.45, 7) is 5.47. The number of nitrogens with zero attached hydrogens (tertiary/aromatic N) is 5. The van der Waals surface area contributed by atoms with Gasteiger partial charge in [0.25, 0.3) is 0 Å². The number of likely N-dealkylation sites (tertiary alicyclic amines) is 1. The molecule has 0 radical (unpaired) electrons. The lowest BCUT2D eigenvalue weighted by molar-refractivity contribution is -0.114. The van der Waals surface area contributed by atoms with Crippen LogP contribution in [0.15, 0.2) is 48.9 Å². The van der Waals surface area contributed by atoms with Gasteiger partial charge in [-0.3, -0.25) is 14.7 Å². The molecule has 1 aliphatic rings. The average molecular weight is 445 g/mol. The molecule has 33 heavy (non-hydrogen) atoms. The van der Waals surface area contributed by atoms with Gasteiger partial charge in [-0.2, -0.15) is 0 Å². The van der Waals surface area contributed by atoms with E-state index in [0.29, 0.717) is 0 Å². The molecule has 7 nitrogen and oxygen atoms in total. The van der Waals surface area contributed by atoms with E-state index in [0.717, 1.165) is 53.5 Å². The predicted octanol–water partition coefficient (Wildman–Crippen LogP) is 4.60. The minimum Gasteiger partial charge on any atom is -0.347 e. The van der Waals surface area contributed by atoms with Gasteiger partial charge in [-0.15, -0.1) is 0 Å². The number of pyridine rings is 1. The van der Waals surface area contributed by atoms with Crippen LogP contribution in [0.25, 0.3) is 11.1 Å². The lowest BCUT2D eigenvalue weighted by atomic mass is 9.92. The highest BCUT2D eigenvalue weighted by Gasteiger charge is 2.29. The van der Waals surface area contributed by atoms with Gasteiger partial charge in [0.15, 0.2) is 0 Å². The monoisotopic (exact) mass is 444 g/mol. The van der Waals surface area contributed by atoms with Crippen molar-refractivity contribution in [3.05, 3.63) is 65.7 Å². The zero-order chi connectivity index (χ0) is 23.4. The maximum Gasteiger partial charge on any atom is 0.225 e. The van der Waals surface area contributed by atoms with E-state index in [1.54, 1.807) is 0 Å². The summed E-state index contributed by atoms with van der Waals surface area (Å²) in [5.74, 6) is 0.670. The highest BCUT2D eigenvalue weighted by Crippen LogP contribution is 2.37. The molecule has 1 saturated heterocycles. The van der Waals surface area contributed by atoms with Crippen molar-refractivity contribution in [1.29, 1.82) is 0 Å². The molecule has 0 saturated carbocycles. The molecule has 1 atom stereocenters. The summed E-state index contributed by atoms with van der Waals surface area (Å²) in [6, 6.07) is 10.4. The third kappa shape index (κ3) is 5.37. The van der Waals surface area contributed by atoms with Crippen molar-refractivity contribution in [2.45, 2.75) is 45.7 Å². The number of amides is 1. The van der Waals surface area contributed by atoms with Crippen LogP contribution in [-0.4, -0.2) is 46.4 Å². The van der Waals surface area contributed by atoms with Gasteiger partial charge in [0.2, 0.25) is 11.9 Å². The Kier molecular flexibility index (Phi) is 6.99. The molecule has 1 aliphatic heterocycles. The Morgan fingerprint density at radius 1 is 1.12 bits per heavy atom. The molecule has 0 aliphatic carbocycles. The van der Waals surface area contributed by atoms with Crippen molar-refractivity contribution >= 4 is 17.5 Å². The number of rotatable bonds is 6. The maximum atomic E-state index is 11.3. The number of carbonyl (C=O) groups excluding carboxylic acids is 1. The second-order valence-corrected chi connectivity index (χ2v) is 8.91. The normalized spacial score (nSPS) is 16.4. The zero-order valence-corrected chi connectivity index (χ0v) is 19.9. The quantitative estimate of drug-likeness (QED) is 0.599. The summed E-state index contributed by atoms with van der Waals surface area (Å²) in [6.07, 6.45) is 9.11. The molecule has 0 bridgehead atoms. The van der Waals surface area contributed by atoms with E-state index in [1.807, 2.05) is 49.7 Å². The number of hydrogen-bond acceptors (Lipinski definition) is 6. The van der Waals surface area contributed by atoms with Gasteiger partial charge in [-0.1, -0.05) is 18.6 Å². The number of carbonyl (C=O) groups is 1. The Morgan fingerprint density at radius 3 is 2.61 bits per heavy atom. The molecule has 2 aromatic heterocycles. The first-order chi connectivity index (χ1) is 15.9. The fourth-order valence-corrected chi connectivity index (χ4v) is 4.46. The van der Waals surface area contributed by atoms with Crippen LogP contribution < -0.4 is 10.2 Å². The number of nitrogens with one attached hydrogen (secondary N) is 1. The van der Waals surface area contributed by atoms with Crippen LogP contribution in [0.3, 0.4) is 0 Å². The zero-order valence-electron chi connectivity index (χ0n) is 19.9. The molecule has 3 heterocycles. The summed E-state index contributed by atoms with van der Waals surface area (Å²) in [7, 11) is 3.96. The van der Waals surface area contributed by atoms with Crippen LogP contribution in [0, 0.1) is 6.92 Å². The standard InChI is InChI=1S/C26H32N6O/c1-18-15-27-13-12-22(18)23-16-28-26(31(3)4)30-25(23)24-7-5-6-14-32(24)17-20-8-10-21(11-9-20)29-19(2)33/h8-13,15-16,24H,5-7,14,17H2,1-4H3,(H,29,33). The third-order valence-electron chi connectivity index (χ3n) is 6.11. The Hall–Kier alpha value is -3.32. The second-order valence-electron chi connectivity index (χ2n) is 8.91. The topological polar surface area (TPSA) is 74.2 Å². The van der Waals surface area contributed by atoms with E-state index in [1.165, 1.54) is 25.3 Å². The molecule has 1 amide bonds. The van der Waals surface area contributed by atoms with Gasteiger partial charge in [0, 0.05) is 57.4 Å². The SMILES string of the molecule is CC(=O)Nc1ccc(CN2CCCCC2c2nc(N(C)C)ncc2-c2ccncc2C)cc1. The van der Waals surface area contributed by atoms with Gasteiger partial charge < -0.3 is 10.2 Å². The second kappa shape index (κ2) is 10.1. The number of benzene rings is 1. The van der Waals surface area contributed by atoms with Crippen molar-refractivity contribution in [3.63, 3.8) is 0 Å². The van der Waals surface area contributed by atoms with Gasteiger partial charge >= 0.3 is 0 Å². The maximum absolute atomic E-state index is 11.3. The largest absolute Gasteiger partial charge is 0.347 e. The van der Waals surface area contributed by atoms with E-state index in [2.05, 4.69) is 45.3 Å². The number of anilines is 2. The summed E-state index contributed by atoms with van der Waals surface area (Å²) >= 11 is 0. The molecule has 1 fully saturated rings. The van der Waals surface area contributed by atoms with E-state index in [-0.39, 0.29) is 11.9 Å². The van der Waals surface area contributed by atoms with Gasteiger partial charge in [0.05, 0.1) is 11.7 Å². The summed E-state index contributed by atoms with van der Waals surface area (Å²) in [5.41, 5.74) is 6.46. The van der Waals surface area contributed by atoms with Crippen molar-refractivity contribution in [1.82, 2.24) is 19.9 Å². The minimum absolute atomic E-state index is 0.0572. The average Bonchev–Trinajstić information content (AvgIpc) is 2.80. The number of aryl methyl sites for hydroxylation is 1. The van der Waals surface area contributed by atoms with Crippen LogP contribution >= 0.6 is 0 Å². The van der Waals surface area contributed by atoms with Crippen LogP contribution in [0.5, 0.6) is 0 Å². The van der Waals surface area contributed by atoms with E-state index >= 15 is 0 Å². The highest BCUT2D eigenvalue weighted by molar-refractivity contribution is 5.88. The minimum atomic E-state index is -0.0572. The van der Waals surface area contributed by atoms with Crippen molar-refractivity contribution in [2.75, 3.05) is 30.9 Å². The van der Waals surface area contributed by atoms with E-state index in [9.17, 15) is 4.79 Å². The predicted molar refractivity (Wildman–Crippen MR) is 132 cm³/mol. The number of aromatic nitrogens is 3. The molecule has 1 aromatic carbocycles. The molecule has 172 valence electrons. The third-order valence-corrected chi connectivity index (χ3v) is 6.11. The molecule has 0 spiro atoms.